The Bertz CT molecular complexity index is 646. The zero-order valence-electron chi connectivity index (χ0n) is 10.6. The zero-order valence-corrected chi connectivity index (χ0v) is 10.6. The quantitative estimate of drug-likeness (QED) is 0.604. The van der Waals surface area contributed by atoms with Crippen molar-refractivity contribution in [3.63, 3.8) is 0 Å². The molecule has 2 aromatic rings. The van der Waals surface area contributed by atoms with Crippen LogP contribution in [-0.4, -0.2) is 23.6 Å². The predicted molar refractivity (Wildman–Crippen MR) is 73.2 cm³/mol. The Morgan fingerprint density at radius 2 is 2.16 bits per heavy atom. The minimum Gasteiger partial charge on any atom is -0.326 e. The molecule has 0 fully saturated rings. The van der Waals surface area contributed by atoms with E-state index in [9.17, 15) is 0 Å². The molecule has 1 aromatic carbocycles. The summed E-state index contributed by atoms with van der Waals surface area (Å²) in [5.74, 6) is 1.44. The number of hydrogen-bond donors (Lipinski definition) is 0. The van der Waals surface area contributed by atoms with Crippen LogP contribution in [0, 0.1) is 11.5 Å². The highest BCUT2D eigenvalue weighted by Gasteiger charge is 2.21. The Morgan fingerprint density at radius 3 is 3.00 bits per heavy atom. The Hall–Kier alpha value is -2.61. The topological polar surface area (TPSA) is 56.1 Å². The summed E-state index contributed by atoms with van der Waals surface area (Å²) in [4.78, 5) is 12.0. The van der Waals surface area contributed by atoms with E-state index in [1.54, 1.807) is 7.05 Å². The Kier molecular flexibility index (Phi) is 2.76. The largest absolute Gasteiger partial charge is 0.326 e. The first kappa shape index (κ1) is 11.5. The number of benzene rings is 1. The van der Waals surface area contributed by atoms with E-state index in [1.165, 1.54) is 22.5 Å². The number of fused-ring (bicyclic) bond motifs is 1. The molecule has 0 bridgehead atoms. The maximum absolute atomic E-state index is 8.90. The van der Waals surface area contributed by atoms with Crippen molar-refractivity contribution in [2.45, 2.75) is 6.42 Å². The normalized spacial score (nSPS) is 12.9. The van der Waals surface area contributed by atoms with E-state index >= 15 is 0 Å². The highest BCUT2D eigenvalue weighted by Crippen LogP contribution is 2.33. The maximum atomic E-state index is 8.90. The molecule has 0 saturated heterocycles. The molecule has 1 aliphatic heterocycles. The molecule has 0 aliphatic carbocycles. The second-order valence-corrected chi connectivity index (χ2v) is 4.42. The molecule has 1 aliphatic rings. The maximum Gasteiger partial charge on any atom is 0.185 e. The van der Waals surface area contributed by atoms with E-state index < -0.39 is 0 Å². The average molecular weight is 251 g/mol. The average Bonchev–Trinajstić information content (AvgIpc) is 2.90. The van der Waals surface area contributed by atoms with Gasteiger partial charge in [0.1, 0.15) is 18.0 Å². The van der Waals surface area contributed by atoms with Crippen molar-refractivity contribution in [1.29, 1.82) is 5.26 Å². The van der Waals surface area contributed by atoms with Gasteiger partial charge in [0, 0.05) is 25.3 Å². The van der Waals surface area contributed by atoms with Crippen molar-refractivity contribution in [2.24, 2.45) is 0 Å². The van der Waals surface area contributed by atoms with Crippen LogP contribution in [0.4, 0.5) is 17.3 Å². The van der Waals surface area contributed by atoms with Gasteiger partial charge in [-0.05, 0) is 18.1 Å². The molecule has 5 heteroatoms. The summed E-state index contributed by atoms with van der Waals surface area (Å²) in [7, 11) is 1.68. The van der Waals surface area contributed by atoms with Gasteiger partial charge in [-0.15, -0.1) is 0 Å². The summed E-state index contributed by atoms with van der Waals surface area (Å²) < 4.78 is 0. The number of anilines is 3. The van der Waals surface area contributed by atoms with Crippen LogP contribution in [0.5, 0.6) is 0 Å². The molecule has 3 rings (SSSR count). The van der Waals surface area contributed by atoms with E-state index in [1.807, 2.05) is 18.3 Å². The fraction of sp³-hybridized carbons (Fsp3) is 0.214. The van der Waals surface area contributed by atoms with Gasteiger partial charge in [0.2, 0.25) is 0 Å². The van der Waals surface area contributed by atoms with Crippen molar-refractivity contribution in [3.05, 3.63) is 42.2 Å². The Labute approximate surface area is 111 Å². The van der Waals surface area contributed by atoms with Gasteiger partial charge in [-0.2, -0.15) is 5.26 Å². The second kappa shape index (κ2) is 4.58. The monoisotopic (exact) mass is 251 g/mol. The van der Waals surface area contributed by atoms with E-state index in [0.717, 1.165) is 18.8 Å². The van der Waals surface area contributed by atoms with Crippen LogP contribution in [-0.2, 0) is 6.42 Å². The lowest BCUT2D eigenvalue weighted by Gasteiger charge is -2.19. The molecule has 19 heavy (non-hydrogen) atoms. The molecule has 0 radical (unpaired) electrons. The Balaban J connectivity index is 1.99. The SMILES string of the molecule is CN(C#N)c1cc(N2CCc3ccccc32)ncn1. The molecule has 0 atom stereocenters. The van der Waals surface area contributed by atoms with Gasteiger partial charge in [-0.25, -0.2) is 9.97 Å². The molecular weight excluding hydrogens is 238 g/mol. The van der Waals surface area contributed by atoms with E-state index in [4.69, 9.17) is 5.26 Å². The second-order valence-electron chi connectivity index (χ2n) is 4.42. The third-order valence-electron chi connectivity index (χ3n) is 3.30. The number of nitrogens with zero attached hydrogens (tertiary/aromatic N) is 5. The summed E-state index contributed by atoms with van der Waals surface area (Å²) >= 11 is 0. The van der Waals surface area contributed by atoms with Gasteiger partial charge in [0.25, 0.3) is 0 Å². The molecule has 0 unspecified atom stereocenters. The molecule has 94 valence electrons. The van der Waals surface area contributed by atoms with Gasteiger partial charge in [0.05, 0.1) is 0 Å². The van der Waals surface area contributed by atoms with Crippen molar-refractivity contribution in [2.75, 3.05) is 23.4 Å². The lowest BCUT2D eigenvalue weighted by atomic mass is 10.2. The van der Waals surface area contributed by atoms with Gasteiger partial charge in [-0.3, -0.25) is 4.90 Å². The summed E-state index contributed by atoms with van der Waals surface area (Å²) in [5.41, 5.74) is 2.52. The van der Waals surface area contributed by atoms with E-state index in [-0.39, 0.29) is 0 Å². The third kappa shape index (κ3) is 1.97. The molecule has 0 spiro atoms. The number of rotatable bonds is 2. The first-order chi connectivity index (χ1) is 9.29. The van der Waals surface area contributed by atoms with Crippen LogP contribution >= 0.6 is 0 Å². The first-order valence-electron chi connectivity index (χ1n) is 6.10. The lowest BCUT2D eigenvalue weighted by molar-refractivity contribution is 0.959. The van der Waals surface area contributed by atoms with E-state index in [2.05, 4.69) is 33.1 Å². The summed E-state index contributed by atoms with van der Waals surface area (Å²) in [5, 5.41) is 8.90. The number of aromatic nitrogens is 2. The molecule has 0 N–H and O–H groups in total. The van der Waals surface area contributed by atoms with Crippen LogP contribution in [0.25, 0.3) is 0 Å². The molecular formula is C14H13N5. The summed E-state index contributed by atoms with van der Waals surface area (Å²) in [6, 6.07) is 10.2. The van der Waals surface area contributed by atoms with Gasteiger partial charge in [-0.1, -0.05) is 18.2 Å². The minimum absolute atomic E-state index is 0.608. The smallest absolute Gasteiger partial charge is 0.185 e. The fourth-order valence-corrected chi connectivity index (χ4v) is 2.30. The van der Waals surface area contributed by atoms with Crippen LogP contribution < -0.4 is 9.80 Å². The van der Waals surface area contributed by atoms with Crippen LogP contribution in [0.3, 0.4) is 0 Å². The third-order valence-corrected chi connectivity index (χ3v) is 3.30. The van der Waals surface area contributed by atoms with Crippen LogP contribution in [0.15, 0.2) is 36.7 Å². The van der Waals surface area contributed by atoms with Crippen molar-refractivity contribution >= 4 is 17.3 Å². The highest BCUT2D eigenvalue weighted by atomic mass is 15.2. The first-order valence-corrected chi connectivity index (χ1v) is 6.10. The van der Waals surface area contributed by atoms with Crippen LogP contribution in [0.2, 0.25) is 0 Å². The lowest BCUT2D eigenvalue weighted by Crippen LogP contribution is -2.17. The van der Waals surface area contributed by atoms with Crippen molar-refractivity contribution in [1.82, 2.24) is 9.97 Å². The number of hydrogen-bond acceptors (Lipinski definition) is 5. The number of para-hydroxylation sites is 1. The number of nitriles is 1. The molecule has 0 amide bonds. The van der Waals surface area contributed by atoms with Gasteiger partial charge >= 0.3 is 0 Å². The molecule has 0 saturated carbocycles. The standard InChI is InChI=1S/C14H13N5/c1-18(9-15)13-8-14(17-10-16-13)19-7-6-11-4-2-3-5-12(11)19/h2-5,8,10H,6-7H2,1H3. The van der Waals surface area contributed by atoms with Crippen LogP contribution in [0.1, 0.15) is 5.56 Å². The van der Waals surface area contributed by atoms with E-state index in [0.29, 0.717) is 5.82 Å². The molecule has 2 heterocycles. The summed E-state index contributed by atoms with van der Waals surface area (Å²) in [6.45, 7) is 0.909. The van der Waals surface area contributed by atoms with Gasteiger partial charge < -0.3 is 4.90 Å². The predicted octanol–water partition coefficient (Wildman–Crippen LogP) is 2.09. The minimum atomic E-state index is 0.608. The molecule has 1 aromatic heterocycles. The summed E-state index contributed by atoms with van der Waals surface area (Å²) in [6.07, 6.45) is 4.56. The van der Waals surface area contributed by atoms with Gasteiger partial charge in [0.15, 0.2) is 6.19 Å². The molecule has 5 nitrogen and oxygen atoms in total. The fourth-order valence-electron chi connectivity index (χ4n) is 2.30. The van der Waals surface area contributed by atoms with Crippen molar-refractivity contribution in [3.8, 4) is 6.19 Å². The Morgan fingerprint density at radius 1 is 1.32 bits per heavy atom. The zero-order chi connectivity index (χ0) is 13.2. The van der Waals surface area contributed by atoms with Crippen molar-refractivity contribution < 1.29 is 0 Å². The highest BCUT2D eigenvalue weighted by molar-refractivity contribution is 5.69.